The van der Waals surface area contributed by atoms with Gasteiger partial charge >= 0.3 is 0 Å². The average molecular weight is 450 g/mol. The Morgan fingerprint density at radius 1 is 1.28 bits per heavy atom. The minimum atomic E-state index is -0.997. The summed E-state index contributed by atoms with van der Waals surface area (Å²) < 4.78 is 0.977. The molecule has 1 aromatic heterocycles. The van der Waals surface area contributed by atoms with Crippen molar-refractivity contribution in [1.29, 1.82) is 0 Å². The number of aromatic amines is 1. The molecule has 1 aliphatic rings. The number of aromatic nitrogens is 2. The predicted molar refractivity (Wildman–Crippen MR) is 107 cm³/mol. The predicted octanol–water partition coefficient (Wildman–Crippen LogP) is 3.60. The van der Waals surface area contributed by atoms with Crippen molar-refractivity contribution in [1.82, 2.24) is 15.1 Å². The van der Waals surface area contributed by atoms with Gasteiger partial charge in [-0.2, -0.15) is 5.10 Å². The zero-order valence-corrected chi connectivity index (χ0v) is 17.2. The van der Waals surface area contributed by atoms with Gasteiger partial charge in [-0.1, -0.05) is 28.1 Å². The fraction of sp³-hybridized carbons (Fsp3) is 0.412. The lowest BCUT2D eigenvalue weighted by atomic mass is 9.88. The number of halogens is 3. The molecule has 3 N–H and O–H groups in total. The number of H-pyrrole nitrogens is 1. The topological polar surface area (TPSA) is 75.0 Å². The van der Waals surface area contributed by atoms with Crippen LogP contribution in [0.25, 0.3) is 0 Å². The number of nitrogens with one attached hydrogen (secondary N) is 1. The third-order valence-corrected chi connectivity index (χ3v) is 5.19. The molecule has 1 atom stereocenters. The molecule has 1 saturated heterocycles. The molecule has 1 aromatic carbocycles. The summed E-state index contributed by atoms with van der Waals surface area (Å²) in [4.78, 5) is 14.8. The molecule has 0 radical (unpaired) electrons. The summed E-state index contributed by atoms with van der Waals surface area (Å²) in [5.41, 5.74) is 7.43. The van der Waals surface area contributed by atoms with E-state index < -0.39 is 5.54 Å². The van der Waals surface area contributed by atoms with Crippen molar-refractivity contribution in [3.05, 3.63) is 52.3 Å². The van der Waals surface area contributed by atoms with Crippen molar-refractivity contribution in [2.75, 3.05) is 13.1 Å². The minimum Gasteiger partial charge on any atom is -0.341 e. The van der Waals surface area contributed by atoms with E-state index in [1.165, 1.54) is 5.56 Å². The van der Waals surface area contributed by atoms with Crippen LogP contribution in [0.1, 0.15) is 36.8 Å². The summed E-state index contributed by atoms with van der Waals surface area (Å²) in [5.74, 6) is 0.458. The molecule has 5 nitrogen and oxygen atoms in total. The van der Waals surface area contributed by atoms with Crippen molar-refractivity contribution >= 4 is 46.7 Å². The Labute approximate surface area is 168 Å². The number of amides is 1. The minimum absolute atomic E-state index is 0. The molecule has 0 spiro atoms. The molecule has 1 amide bonds. The monoisotopic (exact) mass is 448 g/mol. The zero-order valence-electron chi connectivity index (χ0n) is 13.9. The van der Waals surface area contributed by atoms with Gasteiger partial charge in [0, 0.05) is 23.8 Å². The van der Waals surface area contributed by atoms with Crippen LogP contribution in [-0.2, 0) is 10.3 Å². The number of hydrogen-bond donors (Lipinski definition) is 2. The first-order valence-electron chi connectivity index (χ1n) is 7.81. The van der Waals surface area contributed by atoms with Crippen molar-refractivity contribution in [2.45, 2.75) is 31.2 Å². The maximum Gasteiger partial charge on any atom is 0.246 e. The number of likely N-dealkylation sites (tertiary alicyclic amines) is 1. The summed E-state index contributed by atoms with van der Waals surface area (Å²) in [7, 11) is 0. The molecule has 25 heavy (non-hydrogen) atoms. The summed E-state index contributed by atoms with van der Waals surface area (Å²) in [5, 5.41) is 6.87. The second-order valence-electron chi connectivity index (χ2n) is 6.31. The van der Waals surface area contributed by atoms with Crippen LogP contribution in [0, 0.1) is 0 Å². The molecule has 1 fully saturated rings. The van der Waals surface area contributed by atoms with Crippen molar-refractivity contribution < 1.29 is 4.79 Å². The van der Waals surface area contributed by atoms with E-state index in [1.807, 2.05) is 41.6 Å². The maximum absolute atomic E-state index is 12.9. The number of nitrogens with two attached hydrogens (primary N) is 1. The van der Waals surface area contributed by atoms with Gasteiger partial charge in [0.05, 0.1) is 6.20 Å². The van der Waals surface area contributed by atoms with Crippen LogP contribution in [0.2, 0.25) is 0 Å². The van der Waals surface area contributed by atoms with Crippen molar-refractivity contribution in [3.8, 4) is 0 Å². The van der Waals surface area contributed by atoms with Crippen LogP contribution >= 0.6 is 40.7 Å². The number of benzene rings is 1. The Bertz CT molecular complexity index is 668. The quantitative estimate of drug-likeness (QED) is 0.751. The Hall–Kier alpha value is -1.08. The first-order chi connectivity index (χ1) is 11.0. The molecular weight excluding hydrogens is 427 g/mol. The van der Waals surface area contributed by atoms with Gasteiger partial charge in [-0.05, 0) is 48.9 Å². The Kier molecular flexibility index (Phi) is 7.93. The van der Waals surface area contributed by atoms with Crippen LogP contribution < -0.4 is 5.73 Å². The first-order valence-corrected chi connectivity index (χ1v) is 8.61. The number of nitrogens with zero attached hydrogens (tertiary/aromatic N) is 2. The largest absolute Gasteiger partial charge is 0.341 e. The SMILES string of the molecule is CC(N)(C(=O)N1CCC(c2cn[nH]c2)CC1)c1ccc(Br)cc1.Cl.Cl. The fourth-order valence-corrected chi connectivity index (χ4v) is 3.41. The maximum atomic E-state index is 12.9. The highest BCUT2D eigenvalue weighted by Gasteiger charge is 2.36. The van der Waals surface area contributed by atoms with E-state index in [0.29, 0.717) is 5.92 Å². The van der Waals surface area contributed by atoms with Gasteiger partial charge < -0.3 is 10.6 Å². The average Bonchev–Trinajstić information content (AvgIpc) is 3.09. The summed E-state index contributed by atoms with van der Waals surface area (Å²) in [6.07, 6.45) is 5.71. The van der Waals surface area contributed by atoms with Gasteiger partial charge in [-0.25, -0.2) is 0 Å². The van der Waals surface area contributed by atoms with E-state index in [9.17, 15) is 4.79 Å². The van der Waals surface area contributed by atoms with E-state index in [0.717, 1.165) is 36.0 Å². The lowest BCUT2D eigenvalue weighted by Crippen LogP contribution is -2.52. The van der Waals surface area contributed by atoms with Gasteiger partial charge in [0.15, 0.2) is 0 Å². The molecule has 2 aromatic rings. The first kappa shape index (κ1) is 22.0. The second kappa shape index (κ2) is 9.03. The zero-order chi connectivity index (χ0) is 16.4. The van der Waals surface area contributed by atoms with E-state index in [1.54, 1.807) is 6.92 Å². The third kappa shape index (κ3) is 4.76. The molecule has 0 bridgehead atoms. The van der Waals surface area contributed by atoms with Gasteiger partial charge in [0.2, 0.25) is 5.91 Å². The van der Waals surface area contributed by atoms with Gasteiger partial charge in [0.1, 0.15) is 5.54 Å². The molecular formula is C17H23BrCl2N4O. The smallest absolute Gasteiger partial charge is 0.246 e. The summed E-state index contributed by atoms with van der Waals surface area (Å²) in [6.45, 7) is 3.26. The number of hydrogen-bond acceptors (Lipinski definition) is 3. The van der Waals surface area contributed by atoms with E-state index in [4.69, 9.17) is 5.73 Å². The molecule has 138 valence electrons. The van der Waals surface area contributed by atoms with Crippen molar-refractivity contribution in [3.63, 3.8) is 0 Å². The van der Waals surface area contributed by atoms with E-state index in [-0.39, 0.29) is 30.7 Å². The highest BCUT2D eigenvalue weighted by molar-refractivity contribution is 9.10. The van der Waals surface area contributed by atoms with E-state index in [2.05, 4.69) is 26.1 Å². The summed E-state index contributed by atoms with van der Waals surface area (Å²) >= 11 is 3.41. The fourth-order valence-electron chi connectivity index (χ4n) is 3.15. The normalized spacial score (nSPS) is 17.2. The molecule has 1 aliphatic heterocycles. The summed E-state index contributed by atoms with van der Waals surface area (Å²) in [6, 6.07) is 7.64. The molecule has 8 heteroatoms. The third-order valence-electron chi connectivity index (χ3n) is 4.66. The van der Waals surface area contributed by atoms with E-state index >= 15 is 0 Å². The number of carbonyl (C=O) groups is 1. The lowest BCUT2D eigenvalue weighted by molar-refractivity contribution is -0.137. The standard InChI is InChI=1S/C17H21BrN4O.2ClH/c1-17(19,14-2-4-15(18)5-3-14)16(23)22-8-6-12(7-9-22)13-10-20-21-11-13;;/h2-5,10-12H,6-9,19H2,1H3,(H,20,21);2*1H. The molecule has 1 unspecified atom stereocenters. The van der Waals surface area contributed by atoms with Crippen LogP contribution in [0.5, 0.6) is 0 Å². The lowest BCUT2D eigenvalue weighted by Gasteiger charge is -2.37. The molecule has 0 aliphatic carbocycles. The van der Waals surface area contributed by atoms with Crippen LogP contribution in [0.3, 0.4) is 0 Å². The Balaban J connectivity index is 0.00000156. The Morgan fingerprint density at radius 2 is 1.88 bits per heavy atom. The highest BCUT2D eigenvalue weighted by Crippen LogP contribution is 2.30. The van der Waals surface area contributed by atoms with Crippen LogP contribution in [-0.4, -0.2) is 34.1 Å². The number of piperidine rings is 1. The van der Waals surface area contributed by atoms with Gasteiger partial charge in [-0.3, -0.25) is 9.89 Å². The van der Waals surface area contributed by atoms with Crippen molar-refractivity contribution in [2.24, 2.45) is 5.73 Å². The molecule has 2 heterocycles. The van der Waals surface area contributed by atoms with Crippen LogP contribution in [0.4, 0.5) is 0 Å². The number of carbonyl (C=O) groups excluding carboxylic acids is 1. The highest BCUT2D eigenvalue weighted by atomic mass is 79.9. The second-order valence-corrected chi connectivity index (χ2v) is 7.22. The Morgan fingerprint density at radius 3 is 2.40 bits per heavy atom. The van der Waals surface area contributed by atoms with Gasteiger partial charge in [-0.15, -0.1) is 24.8 Å². The van der Waals surface area contributed by atoms with Crippen LogP contribution in [0.15, 0.2) is 41.1 Å². The molecule has 0 saturated carbocycles. The number of rotatable bonds is 3. The molecule has 3 rings (SSSR count). The van der Waals surface area contributed by atoms with Gasteiger partial charge in [0.25, 0.3) is 0 Å².